The summed E-state index contributed by atoms with van der Waals surface area (Å²) in [7, 11) is 0. The van der Waals surface area contributed by atoms with Crippen molar-refractivity contribution >= 4 is 40.7 Å². The second-order valence-electron chi connectivity index (χ2n) is 15.0. The Morgan fingerprint density at radius 2 is 1.72 bits per heavy atom. The number of hydrogen-bond acceptors (Lipinski definition) is 9. The summed E-state index contributed by atoms with van der Waals surface area (Å²) >= 11 is 0. The highest BCUT2D eigenvalue weighted by molar-refractivity contribution is 6.23. The third-order valence-corrected chi connectivity index (χ3v) is 11.1. The summed E-state index contributed by atoms with van der Waals surface area (Å²) in [6, 6.07) is 15.8. The van der Waals surface area contributed by atoms with Gasteiger partial charge in [-0.05, 0) is 87.7 Å². The van der Waals surface area contributed by atoms with Crippen molar-refractivity contribution < 1.29 is 32.8 Å². The summed E-state index contributed by atoms with van der Waals surface area (Å²) in [6.45, 7) is 17.1. The van der Waals surface area contributed by atoms with Gasteiger partial charge in [0, 0.05) is 61.4 Å². The molecule has 0 spiro atoms. The number of imide groups is 2. The predicted octanol–water partition coefficient (Wildman–Crippen LogP) is 6.15. The monoisotopic (exact) mass is 730 g/mol. The Kier molecular flexibility index (Phi) is 8.41. The van der Waals surface area contributed by atoms with E-state index >= 15 is 4.39 Å². The van der Waals surface area contributed by atoms with E-state index in [1.807, 2.05) is 32.9 Å². The topological polar surface area (TPSA) is 130 Å². The van der Waals surface area contributed by atoms with Crippen molar-refractivity contribution in [2.75, 3.05) is 36.0 Å². The van der Waals surface area contributed by atoms with Crippen LogP contribution in [0.1, 0.15) is 75.9 Å². The first-order valence-electron chi connectivity index (χ1n) is 18.1. The van der Waals surface area contributed by atoms with Gasteiger partial charge in [0.1, 0.15) is 23.2 Å². The van der Waals surface area contributed by atoms with E-state index in [2.05, 4.69) is 57.5 Å². The molecule has 13 heteroatoms. The molecule has 54 heavy (non-hydrogen) atoms. The van der Waals surface area contributed by atoms with Crippen LogP contribution in [0.3, 0.4) is 0 Å². The van der Waals surface area contributed by atoms with E-state index in [-0.39, 0.29) is 29.7 Å². The number of aromatic nitrogens is 1. The molecule has 4 amide bonds. The molecule has 1 aliphatic carbocycles. The van der Waals surface area contributed by atoms with Crippen molar-refractivity contribution in [2.24, 2.45) is 0 Å². The van der Waals surface area contributed by atoms with E-state index in [0.29, 0.717) is 26.2 Å². The molecule has 1 atom stereocenters. The molecule has 2 saturated heterocycles. The molecule has 0 bridgehead atoms. The van der Waals surface area contributed by atoms with Gasteiger partial charge in [-0.25, -0.2) is 11.0 Å². The fourth-order valence-electron chi connectivity index (χ4n) is 8.00. The Morgan fingerprint density at radius 3 is 2.35 bits per heavy atom. The standard InChI is InChI=1S/C41H39FN6O6/c1-23-6-7-26(36-24(2)45-54-25(36)3)18-33(23)47(28-10-8-27(9-11-28)41(43-5)14-15-41)16-17-53-40(4)21-46(22-40)34-20-30-29(19-31(34)42)38(51)48(39(30)52)32-12-13-35(49)44-37(32)50/h6-11,18-20,32H,12-17,21-22H2,1-4H3,(H,44,49,50). The molecule has 0 radical (unpaired) electrons. The normalized spacial score (nSPS) is 19.7. The molecular formula is C41H39FN6O6. The van der Waals surface area contributed by atoms with Crippen LogP contribution in [0, 0.1) is 33.2 Å². The van der Waals surface area contributed by atoms with Gasteiger partial charge in [0.05, 0.1) is 29.1 Å². The van der Waals surface area contributed by atoms with E-state index in [1.54, 1.807) is 4.90 Å². The predicted molar refractivity (Wildman–Crippen MR) is 197 cm³/mol. The molecule has 1 unspecified atom stereocenters. The summed E-state index contributed by atoms with van der Waals surface area (Å²) in [6.07, 6.45) is 1.75. The van der Waals surface area contributed by atoms with Crippen molar-refractivity contribution in [2.45, 2.75) is 70.6 Å². The van der Waals surface area contributed by atoms with Crippen molar-refractivity contribution in [1.29, 1.82) is 0 Å². The third-order valence-electron chi connectivity index (χ3n) is 11.1. The van der Waals surface area contributed by atoms with E-state index in [1.165, 1.54) is 6.07 Å². The lowest BCUT2D eigenvalue weighted by molar-refractivity contribution is -0.136. The van der Waals surface area contributed by atoms with E-state index < -0.39 is 46.6 Å². The summed E-state index contributed by atoms with van der Waals surface area (Å²) in [5.41, 5.74) is 5.82. The van der Waals surface area contributed by atoms with Gasteiger partial charge in [0.25, 0.3) is 17.4 Å². The number of rotatable bonds is 10. The number of piperidine rings is 1. The van der Waals surface area contributed by atoms with Gasteiger partial charge in [0.15, 0.2) is 0 Å². The Balaban J connectivity index is 0.991. The van der Waals surface area contributed by atoms with Gasteiger partial charge in [0.2, 0.25) is 11.8 Å². The third kappa shape index (κ3) is 5.91. The number of halogens is 1. The number of carbonyl (C=O) groups is 4. The lowest BCUT2D eigenvalue weighted by Crippen LogP contribution is -2.62. The van der Waals surface area contributed by atoms with E-state index in [0.717, 1.165) is 68.9 Å². The van der Waals surface area contributed by atoms with Crippen LogP contribution < -0.4 is 15.1 Å². The zero-order valence-electron chi connectivity index (χ0n) is 30.5. The molecule has 3 aliphatic heterocycles. The highest BCUT2D eigenvalue weighted by atomic mass is 19.1. The van der Waals surface area contributed by atoms with Crippen molar-refractivity contribution in [1.82, 2.24) is 15.4 Å². The molecule has 3 fully saturated rings. The maximum Gasteiger partial charge on any atom is 0.262 e. The Morgan fingerprint density at radius 1 is 1.02 bits per heavy atom. The summed E-state index contributed by atoms with van der Waals surface area (Å²) in [5, 5.41) is 6.33. The van der Waals surface area contributed by atoms with Crippen LogP contribution in [-0.2, 0) is 19.9 Å². The first-order valence-corrected chi connectivity index (χ1v) is 18.1. The number of nitrogens with one attached hydrogen (secondary N) is 1. The van der Waals surface area contributed by atoms with Crippen LogP contribution in [0.4, 0.5) is 21.5 Å². The van der Waals surface area contributed by atoms with Gasteiger partial charge in [-0.3, -0.25) is 29.4 Å². The number of benzene rings is 3. The highest BCUT2D eigenvalue weighted by Crippen LogP contribution is 2.50. The zero-order chi connectivity index (χ0) is 38.1. The average molecular weight is 731 g/mol. The summed E-state index contributed by atoms with van der Waals surface area (Å²) < 4.78 is 27.5. The molecule has 276 valence electrons. The minimum atomic E-state index is -1.13. The molecule has 1 N–H and O–H groups in total. The second-order valence-corrected chi connectivity index (χ2v) is 15.0. The molecule has 1 aromatic heterocycles. The van der Waals surface area contributed by atoms with Crippen LogP contribution in [-0.4, -0.2) is 71.6 Å². The largest absolute Gasteiger partial charge is 0.370 e. The van der Waals surface area contributed by atoms with Gasteiger partial charge >= 0.3 is 0 Å². The quantitative estimate of drug-likeness (QED) is 0.151. The lowest BCUT2D eigenvalue weighted by Gasteiger charge is -2.49. The van der Waals surface area contributed by atoms with Crippen LogP contribution >= 0.6 is 0 Å². The lowest BCUT2D eigenvalue weighted by atomic mass is 9.94. The Bertz CT molecular complexity index is 2260. The molecule has 1 saturated carbocycles. The van der Waals surface area contributed by atoms with Crippen molar-refractivity contribution in [3.05, 3.63) is 106 Å². The van der Waals surface area contributed by atoms with E-state index in [4.69, 9.17) is 15.8 Å². The number of hydrogen-bond donors (Lipinski definition) is 1. The van der Waals surface area contributed by atoms with Crippen molar-refractivity contribution in [3.8, 4) is 11.1 Å². The zero-order valence-corrected chi connectivity index (χ0v) is 30.5. The fourth-order valence-corrected chi connectivity index (χ4v) is 8.00. The fraction of sp³-hybridized carbons (Fsp3) is 0.366. The number of nitrogens with zero attached hydrogens (tertiary/aromatic N) is 5. The first-order chi connectivity index (χ1) is 25.8. The molecule has 4 aromatic rings. The van der Waals surface area contributed by atoms with E-state index in [9.17, 15) is 19.2 Å². The summed E-state index contributed by atoms with van der Waals surface area (Å²) in [5.74, 6) is -2.54. The minimum absolute atomic E-state index is 0.00185. The maximum absolute atomic E-state index is 15.5. The van der Waals surface area contributed by atoms with Crippen LogP contribution in [0.25, 0.3) is 16.0 Å². The number of aryl methyl sites for hydroxylation is 3. The van der Waals surface area contributed by atoms with Crippen LogP contribution in [0.15, 0.2) is 59.1 Å². The number of carbonyl (C=O) groups excluding carboxylic acids is 4. The highest BCUT2D eigenvalue weighted by Gasteiger charge is 2.52. The number of amides is 4. The number of ether oxygens (including phenoxy) is 1. The smallest absolute Gasteiger partial charge is 0.262 e. The van der Waals surface area contributed by atoms with Crippen LogP contribution in [0.2, 0.25) is 0 Å². The Hall–Kier alpha value is -5.87. The molecular weight excluding hydrogens is 691 g/mol. The van der Waals surface area contributed by atoms with Gasteiger partial charge < -0.3 is 23.9 Å². The SMILES string of the molecule is [C-]#[N+]C1(c2ccc(N(CCOC3(C)CN(c4cc5c(cc4F)C(=O)N(C4CCC(=O)NC4=O)C5=O)C3)c3cc(-c4c(C)noc4C)ccc3C)cc2)CC1. The van der Waals surface area contributed by atoms with Gasteiger partial charge in [-0.2, -0.15) is 0 Å². The minimum Gasteiger partial charge on any atom is -0.370 e. The summed E-state index contributed by atoms with van der Waals surface area (Å²) in [4.78, 5) is 59.3. The molecule has 8 rings (SSSR count). The molecule has 12 nitrogen and oxygen atoms in total. The average Bonchev–Trinajstić information content (AvgIpc) is 3.82. The van der Waals surface area contributed by atoms with Gasteiger partial charge in [-0.15, -0.1) is 0 Å². The maximum atomic E-state index is 15.5. The second kappa shape index (κ2) is 12.9. The number of fused-ring (bicyclic) bond motifs is 1. The molecule has 3 aromatic carbocycles. The number of anilines is 3. The van der Waals surface area contributed by atoms with Crippen LogP contribution in [0.5, 0.6) is 0 Å². The first kappa shape index (κ1) is 35.2. The van der Waals surface area contributed by atoms with Gasteiger partial charge in [-0.1, -0.05) is 17.3 Å². The molecule has 4 heterocycles. The Labute approximate surface area is 311 Å². The van der Waals surface area contributed by atoms with Crippen molar-refractivity contribution in [3.63, 3.8) is 0 Å². The molecule has 4 aliphatic rings.